The van der Waals surface area contributed by atoms with Crippen molar-refractivity contribution in [1.82, 2.24) is 9.97 Å². The van der Waals surface area contributed by atoms with Crippen molar-refractivity contribution in [1.29, 1.82) is 0 Å². The zero-order valence-corrected chi connectivity index (χ0v) is 12.0. The van der Waals surface area contributed by atoms with E-state index in [4.69, 9.17) is 11.5 Å². The first-order valence-electron chi connectivity index (χ1n) is 5.93. The van der Waals surface area contributed by atoms with Crippen molar-refractivity contribution in [3.63, 3.8) is 0 Å². The van der Waals surface area contributed by atoms with Crippen LogP contribution in [0.4, 0.5) is 5.82 Å². The Bertz CT molecular complexity index is 481. The van der Waals surface area contributed by atoms with Crippen molar-refractivity contribution >= 4 is 11.7 Å². The number of primary amides is 1. The molecule has 0 aromatic carbocycles. The van der Waals surface area contributed by atoms with Crippen LogP contribution in [-0.2, 0) is 10.8 Å². The van der Waals surface area contributed by atoms with Gasteiger partial charge in [0.05, 0.1) is 5.69 Å². The maximum absolute atomic E-state index is 11.5. The van der Waals surface area contributed by atoms with E-state index < -0.39 is 5.91 Å². The highest BCUT2D eigenvalue weighted by molar-refractivity contribution is 5.98. The van der Waals surface area contributed by atoms with Crippen LogP contribution in [0.1, 0.15) is 63.4 Å². The second kappa shape index (κ2) is 4.23. The fourth-order valence-electron chi connectivity index (χ4n) is 1.60. The maximum atomic E-state index is 11.5. The Labute approximate surface area is 108 Å². The molecule has 0 atom stereocenters. The van der Waals surface area contributed by atoms with Gasteiger partial charge in [0.2, 0.25) is 0 Å². The smallest absolute Gasteiger partial charge is 0.254 e. The van der Waals surface area contributed by atoms with E-state index >= 15 is 0 Å². The van der Waals surface area contributed by atoms with Crippen LogP contribution in [0.5, 0.6) is 0 Å². The van der Waals surface area contributed by atoms with E-state index in [-0.39, 0.29) is 22.2 Å². The number of anilines is 1. The van der Waals surface area contributed by atoms with E-state index in [1.54, 1.807) is 0 Å². The average molecular weight is 250 g/mol. The summed E-state index contributed by atoms with van der Waals surface area (Å²) in [5.41, 5.74) is 11.5. The number of rotatable bonds is 1. The summed E-state index contributed by atoms with van der Waals surface area (Å²) in [7, 11) is 0. The molecule has 1 aromatic rings. The summed E-state index contributed by atoms with van der Waals surface area (Å²) in [6.07, 6.45) is 0. The third kappa shape index (κ3) is 2.78. The monoisotopic (exact) mass is 250 g/mol. The average Bonchev–Trinajstić information content (AvgIpc) is 2.12. The van der Waals surface area contributed by atoms with E-state index in [0.29, 0.717) is 11.5 Å². The largest absolute Gasteiger partial charge is 0.383 e. The molecule has 100 valence electrons. The number of carbonyl (C=O) groups excluding carboxylic acids is 1. The summed E-state index contributed by atoms with van der Waals surface area (Å²) in [6, 6.07) is 0. The molecule has 5 heteroatoms. The molecule has 0 aliphatic rings. The lowest BCUT2D eigenvalue weighted by molar-refractivity contribution is 0.0998. The Morgan fingerprint density at radius 1 is 1.00 bits per heavy atom. The van der Waals surface area contributed by atoms with Crippen LogP contribution in [0.15, 0.2) is 0 Å². The molecule has 0 unspecified atom stereocenters. The second-order valence-electron chi connectivity index (χ2n) is 6.52. The summed E-state index contributed by atoms with van der Waals surface area (Å²) in [5, 5.41) is 0. The molecule has 1 rings (SSSR count). The normalized spacial score (nSPS) is 12.6. The summed E-state index contributed by atoms with van der Waals surface area (Å²) in [5.74, 6) is 0.195. The number of amides is 1. The van der Waals surface area contributed by atoms with E-state index in [9.17, 15) is 4.79 Å². The highest BCUT2D eigenvalue weighted by Gasteiger charge is 2.29. The Morgan fingerprint density at radius 2 is 1.50 bits per heavy atom. The van der Waals surface area contributed by atoms with Gasteiger partial charge in [-0.25, -0.2) is 9.97 Å². The fourth-order valence-corrected chi connectivity index (χ4v) is 1.60. The summed E-state index contributed by atoms with van der Waals surface area (Å²) < 4.78 is 0. The number of carbonyl (C=O) groups is 1. The van der Waals surface area contributed by atoms with Gasteiger partial charge in [-0.2, -0.15) is 0 Å². The molecule has 1 heterocycles. The first-order valence-corrected chi connectivity index (χ1v) is 5.93. The van der Waals surface area contributed by atoms with Gasteiger partial charge in [-0.15, -0.1) is 0 Å². The predicted molar refractivity (Wildman–Crippen MR) is 72.4 cm³/mol. The van der Waals surface area contributed by atoms with Gasteiger partial charge in [0.15, 0.2) is 0 Å². The lowest BCUT2D eigenvalue weighted by Crippen LogP contribution is -2.28. The number of aromatic nitrogens is 2. The van der Waals surface area contributed by atoms with Crippen LogP contribution < -0.4 is 11.5 Å². The first kappa shape index (κ1) is 14.4. The Morgan fingerprint density at radius 3 is 1.83 bits per heavy atom. The zero-order chi connectivity index (χ0) is 14.3. The molecule has 0 radical (unpaired) electrons. The topological polar surface area (TPSA) is 94.9 Å². The molecule has 18 heavy (non-hydrogen) atoms. The molecule has 1 aromatic heterocycles. The summed E-state index contributed by atoms with van der Waals surface area (Å²) >= 11 is 0. The van der Waals surface area contributed by atoms with Gasteiger partial charge in [0.1, 0.15) is 17.2 Å². The molecule has 0 saturated carbocycles. The molecular weight excluding hydrogens is 228 g/mol. The standard InChI is InChI=1S/C13H22N4O/c1-12(2,3)8-7(10(15)18)9(14)17-11(16-8)13(4,5)6/h1-6H3,(H2,15,18)(H2,14,16,17). The molecule has 5 nitrogen and oxygen atoms in total. The van der Waals surface area contributed by atoms with E-state index in [0.717, 1.165) is 0 Å². The van der Waals surface area contributed by atoms with Gasteiger partial charge < -0.3 is 11.5 Å². The van der Waals surface area contributed by atoms with Crippen molar-refractivity contribution < 1.29 is 4.79 Å². The van der Waals surface area contributed by atoms with Gasteiger partial charge in [-0.05, 0) is 0 Å². The van der Waals surface area contributed by atoms with Crippen LogP contribution >= 0.6 is 0 Å². The molecular formula is C13H22N4O. The van der Waals surface area contributed by atoms with E-state index in [1.165, 1.54) is 0 Å². The predicted octanol–water partition coefficient (Wildman–Crippen LogP) is 1.75. The second-order valence-corrected chi connectivity index (χ2v) is 6.52. The van der Waals surface area contributed by atoms with E-state index in [2.05, 4.69) is 9.97 Å². The Kier molecular flexibility index (Phi) is 3.38. The Hall–Kier alpha value is -1.65. The van der Waals surface area contributed by atoms with Gasteiger partial charge in [0.25, 0.3) is 5.91 Å². The highest BCUT2D eigenvalue weighted by Crippen LogP contribution is 2.29. The number of nitrogen functional groups attached to an aromatic ring is 1. The Balaban J connectivity index is 3.64. The van der Waals surface area contributed by atoms with Crippen LogP contribution in [-0.4, -0.2) is 15.9 Å². The zero-order valence-electron chi connectivity index (χ0n) is 12.0. The van der Waals surface area contributed by atoms with E-state index in [1.807, 2.05) is 41.5 Å². The number of hydrogen-bond donors (Lipinski definition) is 2. The van der Waals surface area contributed by atoms with Gasteiger partial charge >= 0.3 is 0 Å². The van der Waals surface area contributed by atoms with Crippen LogP contribution in [0.2, 0.25) is 0 Å². The number of hydrogen-bond acceptors (Lipinski definition) is 4. The van der Waals surface area contributed by atoms with Crippen LogP contribution in [0.25, 0.3) is 0 Å². The molecule has 0 saturated heterocycles. The van der Waals surface area contributed by atoms with Gasteiger partial charge in [-0.1, -0.05) is 41.5 Å². The van der Waals surface area contributed by atoms with Crippen molar-refractivity contribution in [2.24, 2.45) is 5.73 Å². The van der Waals surface area contributed by atoms with Crippen LogP contribution in [0, 0.1) is 0 Å². The van der Waals surface area contributed by atoms with Crippen molar-refractivity contribution in [2.75, 3.05) is 5.73 Å². The number of nitrogens with zero attached hydrogens (tertiary/aromatic N) is 2. The third-order valence-electron chi connectivity index (χ3n) is 2.56. The lowest BCUT2D eigenvalue weighted by atomic mass is 9.87. The van der Waals surface area contributed by atoms with Gasteiger partial charge in [0, 0.05) is 10.8 Å². The molecule has 0 aliphatic carbocycles. The molecule has 0 fully saturated rings. The molecule has 0 aliphatic heterocycles. The SMILES string of the molecule is CC(C)(C)c1nc(N)c(C(N)=O)c(C(C)(C)C)n1. The minimum absolute atomic E-state index is 0.160. The molecule has 0 bridgehead atoms. The summed E-state index contributed by atoms with van der Waals surface area (Å²) in [6.45, 7) is 11.9. The quantitative estimate of drug-likeness (QED) is 0.793. The first-order chi connectivity index (χ1) is 7.94. The summed E-state index contributed by atoms with van der Waals surface area (Å²) in [4.78, 5) is 20.2. The number of nitrogens with two attached hydrogens (primary N) is 2. The van der Waals surface area contributed by atoms with Crippen molar-refractivity contribution in [3.8, 4) is 0 Å². The molecule has 1 amide bonds. The highest BCUT2D eigenvalue weighted by atomic mass is 16.1. The fraction of sp³-hybridized carbons (Fsp3) is 0.615. The minimum Gasteiger partial charge on any atom is -0.383 e. The molecule has 4 N–H and O–H groups in total. The minimum atomic E-state index is -0.585. The van der Waals surface area contributed by atoms with Crippen LogP contribution in [0.3, 0.4) is 0 Å². The third-order valence-corrected chi connectivity index (χ3v) is 2.56. The van der Waals surface area contributed by atoms with Crippen molar-refractivity contribution in [2.45, 2.75) is 52.4 Å². The lowest BCUT2D eigenvalue weighted by Gasteiger charge is -2.25. The molecule has 0 spiro atoms. The maximum Gasteiger partial charge on any atom is 0.254 e. The van der Waals surface area contributed by atoms with Crippen molar-refractivity contribution in [3.05, 3.63) is 17.1 Å². The van der Waals surface area contributed by atoms with Gasteiger partial charge in [-0.3, -0.25) is 4.79 Å².